The number of nitrogens with one attached hydrogen (secondary N) is 2. The standard InChI is InChI=1S/C28H40N2O2/c1-6-7-16-32-28(31)30-25-17-26(29-18-25)27(23-12-8-21(9-13-23)19(2)3)24-14-10-22(11-15-24)20(4)5/h8-15,19-20,25-27,29H,6-7,16-18H2,1-5H3,(H,30,31)/t25-,26-/m1/s1. The summed E-state index contributed by atoms with van der Waals surface area (Å²) in [7, 11) is 0. The van der Waals surface area contributed by atoms with Crippen LogP contribution in [0, 0.1) is 0 Å². The van der Waals surface area contributed by atoms with Gasteiger partial charge in [0.1, 0.15) is 0 Å². The summed E-state index contributed by atoms with van der Waals surface area (Å²) in [6.07, 6.45) is 2.50. The summed E-state index contributed by atoms with van der Waals surface area (Å²) in [6.45, 7) is 12.2. The summed E-state index contributed by atoms with van der Waals surface area (Å²) in [4.78, 5) is 12.1. The van der Waals surface area contributed by atoms with Crippen molar-refractivity contribution in [1.82, 2.24) is 10.6 Å². The normalized spacial score (nSPS) is 18.5. The Kier molecular flexibility index (Phi) is 8.75. The summed E-state index contributed by atoms with van der Waals surface area (Å²) >= 11 is 0. The first-order valence-electron chi connectivity index (χ1n) is 12.2. The van der Waals surface area contributed by atoms with E-state index in [9.17, 15) is 4.79 Å². The molecule has 2 aromatic rings. The van der Waals surface area contributed by atoms with Crippen molar-refractivity contribution >= 4 is 6.09 Å². The molecule has 3 rings (SSSR count). The Morgan fingerprint density at radius 1 is 0.938 bits per heavy atom. The third-order valence-electron chi connectivity index (χ3n) is 6.54. The van der Waals surface area contributed by atoms with E-state index >= 15 is 0 Å². The third kappa shape index (κ3) is 6.35. The average Bonchev–Trinajstić information content (AvgIpc) is 3.22. The van der Waals surface area contributed by atoms with E-state index in [0.29, 0.717) is 18.4 Å². The van der Waals surface area contributed by atoms with Crippen molar-refractivity contribution in [3.05, 3.63) is 70.8 Å². The zero-order valence-electron chi connectivity index (χ0n) is 20.4. The first-order chi connectivity index (χ1) is 15.4. The molecule has 2 aromatic carbocycles. The number of benzene rings is 2. The van der Waals surface area contributed by atoms with Gasteiger partial charge in [-0.15, -0.1) is 0 Å². The van der Waals surface area contributed by atoms with Gasteiger partial charge in [0.2, 0.25) is 0 Å². The van der Waals surface area contributed by atoms with Crippen molar-refractivity contribution in [3.63, 3.8) is 0 Å². The Bertz CT molecular complexity index is 791. The zero-order chi connectivity index (χ0) is 23.1. The lowest BCUT2D eigenvalue weighted by molar-refractivity contribution is 0.141. The Hall–Kier alpha value is -2.33. The largest absolute Gasteiger partial charge is 0.450 e. The van der Waals surface area contributed by atoms with Gasteiger partial charge < -0.3 is 15.4 Å². The van der Waals surface area contributed by atoms with Crippen LogP contribution in [0.1, 0.15) is 93.9 Å². The molecule has 174 valence electrons. The Morgan fingerprint density at radius 2 is 1.44 bits per heavy atom. The van der Waals surface area contributed by atoms with E-state index in [4.69, 9.17) is 4.74 Å². The number of rotatable bonds is 9. The van der Waals surface area contributed by atoms with Crippen LogP contribution < -0.4 is 10.6 Å². The van der Waals surface area contributed by atoms with Crippen LogP contribution in [-0.4, -0.2) is 31.3 Å². The molecule has 4 nitrogen and oxygen atoms in total. The van der Waals surface area contributed by atoms with Gasteiger partial charge in [0, 0.05) is 24.5 Å². The lowest BCUT2D eigenvalue weighted by atomic mass is 9.82. The Morgan fingerprint density at radius 3 is 1.91 bits per heavy atom. The molecule has 0 saturated carbocycles. The zero-order valence-corrected chi connectivity index (χ0v) is 20.4. The van der Waals surface area contributed by atoms with E-state index in [2.05, 4.69) is 93.8 Å². The second kappa shape index (κ2) is 11.5. The highest BCUT2D eigenvalue weighted by atomic mass is 16.5. The van der Waals surface area contributed by atoms with Gasteiger partial charge in [-0.3, -0.25) is 0 Å². The number of ether oxygens (including phenoxy) is 1. The highest BCUT2D eigenvalue weighted by molar-refractivity contribution is 5.67. The smallest absolute Gasteiger partial charge is 0.407 e. The fraction of sp³-hybridized carbons (Fsp3) is 0.536. The second-order valence-corrected chi connectivity index (χ2v) is 9.70. The van der Waals surface area contributed by atoms with E-state index in [0.717, 1.165) is 25.8 Å². The topological polar surface area (TPSA) is 50.4 Å². The lowest BCUT2D eigenvalue weighted by Crippen LogP contribution is -2.36. The second-order valence-electron chi connectivity index (χ2n) is 9.70. The number of unbranched alkanes of at least 4 members (excludes halogenated alkanes) is 1. The van der Waals surface area contributed by atoms with Crippen molar-refractivity contribution in [2.24, 2.45) is 0 Å². The monoisotopic (exact) mass is 436 g/mol. The van der Waals surface area contributed by atoms with Crippen molar-refractivity contribution in [1.29, 1.82) is 0 Å². The third-order valence-corrected chi connectivity index (χ3v) is 6.54. The van der Waals surface area contributed by atoms with Crippen LogP contribution in [0.3, 0.4) is 0 Å². The van der Waals surface area contributed by atoms with Crippen LogP contribution in [0.5, 0.6) is 0 Å². The number of carbonyl (C=O) groups excluding carboxylic acids is 1. The molecule has 0 unspecified atom stereocenters. The number of carbonyl (C=O) groups is 1. The summed E-state index contributed by atoms with van der Waals surface area (Å²) in [5.41, 5.74) is 5.35. The number of amides is 1. The van der Waals surface area contributed by atoms with Crippen molar-refractivity contribution in [2.75, 3.05) is 13.2 Å². The molecule has 0 bridgehead atoms. The summed E-state index contributed by atoms with van der Waals surface area (Å²) in [6, 6.07) is 18.5. The average molecular weight is 437 g/mol. The first kappa shape index (κ1) is 24.3. The van der Waals surface area contributed by atoms with Gasteiger partial charge in [-0.05, 0) is 46.9 Å². The molecule has 0 aliphatic carbocycles. The van der Waals surface area contributed by atoms with Gasteiger partial charge in [-0.2, -0.15) is 0 Å². The molecular weight excluding hydrogens is 396 g/mol. The van der Waals surface area contributed by atoms with E-state index in [1.807, 2.05) is 0 Å². The van der Waals surface area contributed by atoms with Gasteiger partial charge >= 0.3 is 6.09 Å². The van der Waals surface area contributed by atoms with Crippen LogP contribution in [-0.2, 0) is 4.74 Å². The maximum absolute atomic E-state index is 12.1. The maximum Gasteiger partial charge on any atom is 0.407 e. The maximum atomic E-state index is 12.1. The summed E-state index contributed by atoms with van der Waals surface area (Å²) in [5.74, 6) is 1.27. The first-order valence-corrected chi connectivity index (χ1v) is 12.2. The van der Waals surface area contributed by atoms with Gasteiger partial charge in [-0.1, -0.05) is 89.6 Å². The molecule has 1 saturated heterocycles. The molecule has 1 amide bonds. The van der Waals surface area contributed by atoms with Gasteiger partial charge in [0.15, 0.2) is 0 Å². The minimum atomic E-state index is -0.301. The predicted molar refractivity (Wildman–Crippen MR) is 132 cm³/mol. The van der Waals surface area contributed by atoms with Crippen LogP contribution in [0.15, 0.2) is 48.5 Å². The molecule has 1 heterocycles. The van der Waals surface area contributed by atoms with Gasteiger partial charge in [0.05, 0.1) is 6.61 Å². The molecule has 1 aliphatic heterocycles. The molecule has 0 aromatic heterocycles. The highest BCUT2D eigenvalue weighted by Gasteiger charge is 2.33. The molecule has 0 radical (unpaired) electrons. The predicted octanol–water partition coefficient (Wildman–Crippen LogP) is 6.32. The van der Waals surface area contributed by atoms with E-state index in [1.54, 1.807) is 0 Å². The molecule has 1 fully saturated rings. The van der Waals surface area contributed by atoms with Crippen molar-refractivity contribution in [3.8, 4) is 0 Å². The van der Waals surface area contributed by atoms with E-state index in [-0.39, 0.29) is 24.1 Å². The van der Waals surface area contributed by atoms with Crippen molar-refractivity contribution < 1.29 is 9.53 Å². The molecule has 4 heteroatoms. The SMILES string of the molecule is CCCCOC(=O)N[C@H]1CN[C@@H](C(c2ccc(C(C)C)cc2)c2ccc(C(C)C)cc2)C1. The molecule has 0 spiro atoms. The molecule has 32 heavy (non-hydrogen) atoms. The molecular formula is C28H40N2O2. The molecule has 2 N–H and O–H groups in total. The Labute approximate surface area is 194 Å². The van der Waals surface area contributed by atoms with Crippen LogP contribution in [0.4, 0.5) is 4.79 Å². The number of hydrogen-bond donors (Lipinski definition) is 2. The minimum Gasteiger partial charge on any atom is -0.450 e. The van der Waals surface area contributed by atoms with Gasteiger partial charge in [0.25, 0.3) is 0 Å². The highest BCUT2D eigenvalue weighted by Crippen LogP contribution is 2.34. The fourth-order valence-corrected chi connectivity index (χ4v) is 4.48. The molecule has 1 aliphatic rings. The Balaban J connectivity index is 1.77. The van der Waals surface area contributed by atoms with Crippen LogP contribution in [0.2, 0.25) is 0 Å². The van der Waals surface area contributed by atoms with Crippen molar-refractivity contribution in [2.45, 2.75) is 83.7 Å². The fourth-order valence-electron chi connectivity index (χ4n) is 4.48. The van der Waals surface area contributed by atoms with E-state index in [1.165, 1.54) is 22.3 Å². The minimum absolute atomic E-state index is 0.0847. The molecule has 2 atom stereocenters. The number of alkyl carbamates (subject to hydrolysis) is 1. The summed E-state index contributed by atoms with van der Waals surface area (Å²) < 4.78 is 5.30. The number of hydrogen-bond acceptors (Lipinski definition) is 3. The lowest BCUT2D eigenvalue weighted by Gasteiger charge is -2.26. The quantitative estimate of drug-likeness (QED) is 0.452. The van der Waals surface area contributed by atoms with Crippen LogP contribution >= 0.6 is 0 Å². The van der Waals surface area contributed by atoms with Gasteiger partial charge in [-0.25, -0.2) is 4.79 Å². The van der Waals surface area contributed by atoms with Crippen LogP contribution in [0.25, 0.3) is 0 Å². The summed E-state index contributed by atoms with van der Waals surface area (Å²) in [5, 5.41) is 6.73. The van der Waals surface area contributed by atoms with E-state index < -0.39 is 0 Å².